The average molecular weight is 555 g/mol. The fourth-order valence-electron chi connectivity index (χ4n) is 7.61. The zero-order chi connectivity index (χ0) is 27.9. The van der Waals surface area contributed by atoms with Gasteiger partial charge in [-0.2, -0.15) is 8.78 Å². The number of ether oxygens (including phenoxy) is 3. The van der Waals surface area contributed by atoms with Crippen LogP contribution in [-0.4, -0.2) is 19.3 Å². The quantitative estimate of drug-likeness (QED) is 0.277. The van der Waals surface area contributed by atoms with Crippen molar-refractivity contribution in [1.29, 1.82) is 0 Å². The van der Waals surface area contributed by atoms with Crippen LogP contribution in [0.15, 0.2) is 36.4 Å². The zero-order valence-electron chi connectivity index (χ0n) is 24.5. The highest BCUT2D eigenvalue weighted by atomic mass is 19.2. The molecule has 0 spiro atoms. The molecular formula is C35H48F2O3. The number of benzene rings is 2. The second-order valence-electron chi connectivity index (χ2n) is 12.6. The van der Waals surface area contributed by atoms with Crippen molar-refractivity contribution in [3.63, 3.8) is 0 Å². The van der Waals surface area contributed by atoms with Gasteiger partial charge in [-0.15, -0.1) is 0 Å². The van der Waals surface area contributed by atoms with Crippen LogP contribution < -0.4 is 9.47 Å². The number of halogens is 2. The van der Waals surface area contributed by atoms with Gasteiger partial charge in [0.05, 0.1) is 12.7 Å². The monoisotopic (exact) mass is 554 g/mol. The van der Waals surface area contributed by atoms with E-state index in [4.69, 9.17) is 14.2 Å². The van der Waals surface area contributed by atoms with E-state index in [1.807, 2.05) is 0 Å². The summed E-state index contributed by atoms with van der Waals surface area (Å²) in [4.78, 5) is 0. The minimum atomic E-state index is -1.01. The molecule has 2 aromatic rings. The summed E-state index contributed by atoms with van der Waals surface area (Å²) in [6.07, 6.45) is 16.3. The highest BCUT2D eigenvalue weighted by Gasteiger charge is 2.36. The van der Waals surface area contributed by atoms with Gasteiger partial charge in [-0.05, 0) is 111 Å². The Balaban J connectivity index is 1.05. The van der Waals surface area contributed by atoms with E-state index in [1.165, 1.54) is 94.7 Å². The Morgan fingerprint density at radius 1 is 0.700 bits per heavy atom. The van der Waals surface area contributed by atoms with Crippen LogP contribution in [0, 0.1) is 35.3 Å². The lowest BCUT2D eigenvalue weighted by atomic mass is 9.65. The van der Waals surface area contributed by atoms with Gasteiger partial charge in [-0.1, -0.05) is 56.9 Å². The van der Waals surface area contributed by atoms with Crippen molar-refractivity contribution in [2.75, 3.05) is 13.2 Å². The summed E-state index contributed by atoms with van der Waals surface area (Å²) in [5, 5.41) is 0. The summed E-state index contributed by atoms with van der Waals surface area (Å²) < 4.78 is 45.7. The van der Waals surface area contributed by atoms with Crippen LogP contribution in [0.2, 0.25) is 0 Å². The Morgan fingerprint density at radius 2 is 1.35 bits per heavy atom. The molecule has 2 aromatic carbocycles. The van der Waals surface area contributed by atoms with Crippen molar-refractivity contribution in [3.8, 4) is 11.5 Å². The second kappa shape index (κ2) is 14.2. The van der Waals surface area contributed by atoms with Gasteiger partial charge in [0.1, 0.15) is 6.61 Å². The van der Waals surface area contributed by atoms with Gasteiger partial charge in [-0.25, -0.2) is 0 Å². The Labute approximate surface area is 240 Å². The van der Waals surface area contributed by atoms with Gasteiger partial charge in [0.15, 0.2) is 11.5 Å². The third-order valence-electron chi connectivity index (χ3n) is 9.95. The first-order valence-corrected chi connectivity index (χ1v) is 16.0. The SMILES string of the molecule is CCCC1CCC(COC2CCC3CC(c4ccc(COc5ccc(OCC)c(F)c5F)cc4)CCC3C2)CC1. The minimum Gasteiger partial charge on any atom is -0.491 e. The van der Waals surface area contributed by atoms with Gasteiger partial charge in [-0.3, -0.25) is 0 Å². The largest absolute Gasteiger partial charge is 0.491 e. The molecule has 0 radical (unpaired) electrons. The third kappa shape index (κ3) is 7.38. The molecule has 3 fully saturated rings. The predicted octanol–water partition coefficient (Wildman–Crippen LogP) is 9.62. The molecule has 0 saturated heterocycles. The van der Waals surface area contributed by atoms with Crippen molar-refractivity contribution in [3.05, 3.63) is 59.2 Å². The Hall–Kier alpha value is -2.14. The molecule has 3 saturated carbocycles. The fraction of sp³-hybridized carbons (Fsp3) is 0.657. The molecule has 4 unspecified atom stereocenters. The molecule has 0 bridgehead atoms. The first-order chi connectivity index (χ1) is 19.5. The predicted molar refractivity (Wildman–Crippen MR) is 156 cm³/mol. The highest BCUT2D eigenvalue weighted by Crippen LogP contribution is 2.47. The lowest BCUT2D eigenvalue weighted by molar-refractivity contribution is -0.0347. The lowest BCUT2D eigenvalue weighted by Crippen LogP contribution is -2.34. The van der Waals surface area contributed by atoms with Gasteiger partial charge in [0.25, 0.3) is 0 Å². The van der Waals surface area contributed by atoms with Crippen molar-refractivity contribution < 1.29 is 23.0 Å². The van der Waals surface area contributed by atoms with Crippen LogP contribution in [0.3, 0.4) is 0 Å². The summed E-state index contributed by atoms with van der Waals surface area (Å²) in [7, 11) is 0. The first kappa shape index (κ1) is 29.4. The van der Waals surface area contributed by atoms with Crippen molar-refractivity contribution in [2.45, 2.75) is 110 Å². The smallest absolute Gasteiger partial charge is 0.204 e. The summed E-state index contributed by atoms with van der Waals surface area (Å²) in [6.45, 7) is 5.51. The van der Waals surface area contributed by atoms with E-state index in [9.17, 15) is 8.78 Å². The van der Waals surface area contributed by atoms with Crippen molar-refractivity contribution in [1.82, 2.24) is 0 Å². The van der Waals surface area contributed by atoms with Crippen LogP contribution in [0.5, 0.6) is 11.5 Å². The lowest BCUT2D eigenvalue weighted by Gasteiger charge is -2.42. The molecule has 0 aliphatic heterocycles. The molecule has 0 heterocycles. The summed E-state index contributed by atoms with van der Waals surface area (Å²) >= 11 is 0. The van der Waals surface area contributed by atoms with Gasteiger partial charge in [0.2, 0.25) is 11.6 Å². The second-order valence-corrected chi connectivity index (χ2v) is 12.6. The number of rotatable bonds is 11. The highest BCUT2D eigenvalue weighted by molar-refractivity contribution is 5.35. The van der Waals surface area contributed by atoms with Crippen molar-refractivity contribution in [2.24, 2.45) is 23.7 Å². The maximum Gasteiger partial charge on any atom is 0.204 e. The molecule has 220 valence electrons. The van der Waals surface area contributed by atoms with E-state index < -0.39 is 11.6 Å². The summed E-state index contributed by atoms with van der Waals surface area (Å²) in [5.41, 5.74) is 2.33. The van der Waals surface area contributed by atoms with Crippen LogP contribution >= 0.6 is 0 Å². The van der Waals surface area contributed by atoms with E-state index in [0.717, 1.165) is 35.8 Å². The van der Waals surface area contributed by atoms with E-state index in [1.54, 1.807) is 6.92 Å². The maximum absolute atomic E-state index is 14.3. The van der Waals surface area contributed by atoms with E-state index in [0.29, 0.717) is 12.0 Å². The number of fused-ring (bicyclic) bond motifs is 1. The zero-order valence-corrected chi connectivity index (χ0v) is 24.5. The van der Waals surface area contributed by atoms with Gasteiger partial charge >= 0.3 is 0 Å². The maximum atomic E-state index is 14.3. The van der Waals surface area contributed by atoms with E-state index >= 15 is 0 Å². The molecular weight excluding hydrogens is 506 g/mol. The molecule has 3 aliphatic rings. The van der Waals surface area contributed by atoms with Crippen molar-refractivity contribution >= 4 is 0 Å². The summed E-state index contributed by atoms with van der Waals surface area (Å²) in [5.74, 6) is 1.78. The Bertz CT molecular complexity index is 1060. The van der Waals surface area contributed by atoms with Crippen LogP contribution in [0.1, 0.15) is 108 Å². The fourth-order valence-corrected chi connectivity index (χ4v) is 7.61. The number of hydrogen-bond acceptors (Lipinski definition) is 3. The summed E-state index contributed by atoms with van der Waals surface area (Å²) in [6, 6.07) is 11.4. The minimum absolute atomic E-state index is 0.0904. The molecule has 4 atom stereocenters. The number of hydrogen-bond donors (Lipinski definition) is 0. The van der Waals surface area contributed by atoms with Crippen LogP contribution in [-0.2, 0) is 11.3 Å². The Morgan fingerprint density at radius 3 is 2.05 bits per heavy atom. The molecule has 5 rings (SSSR count). The van der Waals surface area contributed by atoms with Gasteiger partial charge in [0, 0.05) is 6.61 Å². The molecule has 5 heteroatoms. The standard InChI is InChI=1S/C35H48F2O3/c1-3-5-24-6-8-25(9-7-24)22-39-31-17-16-29-20-28(14-15-30(29)21-31)27-12-10-26(11-13-27)23-40-33-19-18-32(38-4-2)34(36)35(33)37/h10-13,18-19,24-25,28-31H,3-9,14-17,20-23H2,1-2H3. The molecule has 0 amide bonds. The average Bonchev–Trinajstić information content (AvgIpc) is 2.99. The van der Waals surface area contributed by atoms with E-state index in [2.05, 4.69) is 31.2 Å². The topological polar surface area (TPSA) is 27.7 Å². The first-order valence-electron chi connectivity index (χ1n) is 16.0. The molecule has 0 aromatic heterocycles. The Kier molecular flexibility index (Phi) is 10.4. The molecule has 0 N–H and O–H groups in total. The van der Waals surface area contributed by atoms with Crippen LogP contribution in [0.4, 0.5) is 8.78 Å². The van der Waals surface area contributed by atoms with Crippen LogP contribution in [0.25, 0.3) is 0 Å². The third-order valence-corrected chi connectivity index (χ3v) is 9.95. The molecule has 3 nitrogen and oxygen atoms in total. The molecule has 40 heavy (non-hydrogen) atoms. The van der Waals surface area contributed by atoms with Gasteiger partial charge < -0.3 is 14.2 Å². The van der Waals surface area contributed by atoms with E-state index in [-0.39, 0.29) is 24.7 Å². The normalized spacial score (nSPS) is 28.6. The molecule has 3 aliphatic carbocycles.